The summed E-state index contributed by atoms with van der Waals surface area (Å²) >= 11 is 0. The second-order valence-electron chi connectivity index (χ2n) is 6.89. The molecule has 0 bridgehead atoms. The summed E-state index contributed by atoms with van der Waals surface area (Å²) in [7, 11) is 0. The zero-order chi connectivity index (χ0) is 19.2. The molecular formula is C20H24N2O4. The van der Waals surface area contributed by atoms with E-state index in [4.69, 9.17) is 15.2 Å². The molecule has 2 aromatic rings. The number of benzene rings is 2. The van der Waals surface area contributed by atoms with E-state index in [0.29, 0.717) is 17.2 Å². The van der Waals surface area contributed by atoms with Crippen LogP contribution in [0.3, 0.4) is 0 Å². The van der Waals surface area contributed by atoms with Gasteiger partial charge in [0.1, 0.15) is 11.5 Å². The van der Waals surface area contributed by atoms with E-state index in [1.165, 1.54) is 5.56 Å². The lowest BCUT2D eigenvalue weighted by Gasteiger charge is -2.19. The molecular weight excluding hydrogens is 332 g/mol. The fraction of sp³-hybridized carbons (Fsp3) is 0.300. The van der Waals surface area contributed by atoms with Crippen molar-refractivity contribution in [2.24, 2.45) is 5.73 Å². The first kappa shape index (κ1) is 19.3. The van der Waals surface area contributed by atoms with Crippen molar-refractivity contribution < 1.29 is 19.1 Å². The molecule has 0 aliphatic heterocycles. The highest BCUT2D eigenvalue weighted by atomic mass is 16.5. The molecule has 0 spiro atoms. The van der Waals surface area contributed by atoms with Crippen LogP contribution < -0.4 is 20.5 Å². The molecule has 138 valence electrons. The molecule has 6 nitrogen and oxygen atoms in total. The third kappa shape index (κ3) is 6.12. The van der Waals surface area contributed by atoms with Crippen molar-refractivity contribution in [3.05, 3.63) is 54.1 Å². The van der Waals surface area contributed by atoms with E-state index in [1.54, 1.807) is 24.3 Å². The van der Waals surface area contributed by atoms with Gasteiger partial charge < -0.3 is 20.5 Å². The van der Waals surface area contributed by atoms with Gasteiger partial charge in [-0.05, 0) is 35.2 Å². The Labute approximate surface area is 153 Å². The Morgan fingerprint density at radius 3 is 2.23 bits per heavy atom. The van der Waals surface area contributed by atoms with Crippen LogP contribution in [0.5, 0.6) is 11.5 Å². The Morgan fingerprint density at radius 2 is 1.62 bits per heavy atom. The Balaban J connectivity index is 1.87. The van der Waals surface area contributed by atoms with Crippen LogP contribution in [0.15, 0.2) is 48.5 Å². The summed E-state index contributed by atoms with van der Waals surface area (Å²) in [5, 5.41) is 2.72. The third-order valence-corrected chi connectivity index (χ3v) is 3.59. The van der Waals surface area contributed by atoms with E-state index in [0.717, 1.165) is 0 Å². The average Bonchev–Trinajstić information content (AvgIpc) is 2.58. The maximum atomic E-state index is 12.0. The van der Waals surface area contributed by atoms with Gasteiger partial charge in [-0.15, -0.1) is 0 Å². The highest BCUT2D eigenvalue weighted by Crippen LogP contribution is 2.24. The highest BCUT2D eigenvalue weighted by molar-refractivity contribution is 5.92. The smallest absolute Gasteiger partial charge is 0.262 e. The number of carbonyl (C=O) groups is 2. The fourth-order valence-corrected chi connectivity index (χ4v) is 2.22. The number of hydrogen-bond donors (Lipinski definition) is 2. The fourth-order valence-electron chi connectivity index (χ4n) is 2.22. The molecule has 0 unspecified atom stereocenters. The molecule has 0 saturated heterocycles. The van der Waals surface area contributed by atoms with Crippen LogP contribution in [-0.2, 0) is 15.0 Å². The molecule has 3 N–H and O–H groups in total. The van der Waals surface area contributed by atoms with Gasteiger partial charge in [-0.2, -0.15) is 0 Å². The minimum atomic E-state index is -0.565. The molecule has 0 fully saturated rings. The minimum absolute atomic E-state index is 0.0670. The van der Waals surface area contributed by atoms with Crippen LogP contribution >= 0.6 is 0 Å². The Bertz CT molecular complexity index is 764. The number of hydrogen-bond acceptors (Lipinski definition) is 4. The number of amides is 2. The Hall–Kier alpha value is -3.02. The van der Waals surface area contributed by atoms with Gasteiger partial charge in [0.05, 0.1) is 0 Å². The van der Waals surface area contributed by atoms with Crippen LogP contribution in [-0.4, -0.2) is 25.0 Å². The summed E-state index contributed by atoms with van der Waals surface area (Å²) in [6.07, 6.45) is 0. The summed E-state index contributed by atoms with van der Waals surface area (Å²) in [6, 6.07) is 14.4. The number of carbonyl (C=O) groups excluding carboxylic acids is 2. The zero-order valence-corrected chi connectivity index (χ0v) is 15.2. The number of nitrogens with one attached hydrogen (secondary N) is 1. The number of primary amides is 1. The van der Waals surface area contributed by atoms with Gasteiger partial charge in [-0.1, -0.05) is 39.0 Å². The van der Waals surface area contributed by atoms with Crippen molar-refractivity contribution in [3.8, 4) is 11.5 Å². The van der Waals surface area contributed by atoms with Gasteiger partial charge in [0.2, 0.25) is 0 Å². The number of rotatable bonds is 7. The van der Waals surface area contributed by atoms with Crippen LogP contribution in [0.25, 0.3) is 0 Å². The third-order valence-electron chi connectivity index (χ3n) is 3.59. The van der Waals surface area contributed by atoms with Gasteiger partial charge in [-0.3, -0.25) is 9.59 Å². The zero-order valence-electron chi connectivity index (χ0n) is 15.2. The number of anilines is 1. The monoisotopic (exact) mass is 356 g/mol. The Kier molecular flexibility index (Phi) is 6.22. The van der Waals surface area contributed by atoms with E-state index >= 15 is 0 Å². The molecule has 0 aromatic heterocycles. The Morgan fingerprint density at radius 1 is 0.962 bits per heavy atom. The number of ether oxygens (including phenoxy) is 2. The predicted octanol–water partition coefficient (Wildman–Crippen LogP) is 2.87. The summed E-state index contributed by atoms with van der Waals surface area (Å²) in [4.78, 5) is 22.8. The summed E-state index contributed by atoms with van der Waals surface area (Å²) in [6.45, 7) is 6.08. The molecule has 26 heavy (non-hydrogen) atoms. The first-order chi connectivity index (χ1) is 12.2. The van der Waals surface area contributed by atoms with E-state index in [1.807, 2.05) is 24.3 Å². The SMILES string of the molecule is CC(C)(C)c1ccc(OCC(=O)Nc2cccc(OCC(N)=O)c2)cc1. The molecule has 0 aliphatic rings. The van der Waals surface area contributed by atoms with Gasteiger partial charge in [0.25, 0.3) is 11.8 Å². The molecule has 0 aliphatic carbocycles. The van der Waals surface area contributed by atoms with Crippen molar-refractivity contribution in [3.63, 3.8) is 0 Å². The lowest BCUT2D eigenvalue weighted by Crippen LogP contribution is -2.21. The van der Waals surface area contributed by atoms with E-state index in [9.17, 15) is 9.59 Å². The predicted molar refractivity (Wildman–Crippen MR) is 100 cm³/mol. The van der Waals surface area contributed by atoms with E-state index < -0.39 is 5.91 Å². The van der Waals surface area contributed by atoms with E-state index in [-0.39, 0.29) is 24.5 Å². The van der Waals surface area contributed by atoms with Crippen molar-refractivity contribution >= 4 is 17.5 Å². The lowest BCUT2D eigenvalue weighted by molar-refractivity contribution is -0.120. The normalized spacial score (nSPS) is 10.9. The van der Waals surface area contributed by atoms with Crippen LogP contribution in [0.4, 0.5) is 5.69 Å². The molecule has 2 amide bonds. The van der Waals surface area contributed by atoms with Crippen molar-refractivity contribution in [2.75, 3.05) is 18.5 Å². The second kappa shape index (κ2) is 8.38. The maximum Gasteiger partial charge on any atom is 0.262 e. The van der Waals surface area contributed by atoms with Crippen LogP contribution in [0.1, 0.15) is 26.3 Å². The minimum Gasteiger partial charge on any atom is -0.484 e. The van der Waals surface area contributed by atoms with Gasteiger partial charge >= 0.3 is 0 Å². The van der Waals surface area contributed by atoms with Gasteiger partial charge in [0, 0.05) is 11.8 Å². The summed E-state index contributed by atoms with van der Waals surface area (Å²) in [5.41, 5.74) is 6.85. The molecule has 6 heteroatoms. The summed E-state index contributed by atoms with van der Waals surface area (Å²) < 4.78 is 10.7. The van der Waals surface area contributed by atoms with Gasteiger partial charge in [0.15, 0.2) is 13.2 Å². The first-order valence-corrected chi connectivity index (χ1v) is 8.28. The van der Waals surface area contributed by atoms with Crippen LogP contribution in [0, 0.1) is 0 Å². The largest absolute Gasteiger partial charge is 0.484 e. The molecule has 0 radical (unpaired) electrons. The summed E-state index contributed by atoms with van der Waals surface area (Å²) in [5.74, 6) is 0.217. The highest BCUT2D eigenvalue weighted by Gasteiger charge is 2.13. The second-order valence-corrected chi connectivity index (χ2v) is 6.89. The molecule has 0 saturated carbocycles. The standard InChI is InChI=1S/C20H24N2O4/c1-20(2,3)14-7-9-16(10-8-14)26-13-19(24)22-15-5-4-6-17(11-15)25-12-18(21)23/h4-11H,12-13H2,1-3H3,(H2,21,23)(H,22,24). The molecule has 0 heterocycles. The lowest BCUT2D eigenvalue weighted by atomic mass is 9.87. The quantitative estimate of drug-likeness (QED) is 0.798. The van der Waals surface area contributed by atoms with Gasteiger partial charge in [-0.25, -0.2) is 0 Å². The number of nitrogens with two attached hydrogens (primary N) is 1. The van der Waals surface area contributed by atoms with Crippen LogP contribution in [0.2, 0.25) is 0 Å². The average molecular weight is 356 g/mol. The van der Waals surface area contributed by atoms with Crippen molar-refractivity contribution in [1.82, 2.24) is 0 Å². The topological polar surface area (TPSA) is 90.7 Å². The van der Waals surface area contributed by atoms with Crippen molar-refractivity contribution in [2.45, 2.75) is 26.2 Å². The maximum absolute atomic E-state index is 12.0. The first-order valence-electron chi connectivity index (χ1n) is 8.28. The van der Waals surface area contributed by atoms with Crippen molar-refractivity contribution in [1.29, 1.82) is 0 Å². The molecule has 0 atom stereocenters. The molecule has 2 aromatic carbocycles. The molecule has 2 rings (SSSR count). The van der Waals surface area contributed by atoms with E-state index in [2.05, 4.69) is 26.1 Å².